The molecule has 0 unspecified atom stereocenters. The van der Waals surface area contributed by atoms with Crippen molar-refractivity contribution in [3.63, 3.8) is 0 Å². The number of carbonyl (C=O) groups is 1. The van der Waals surface area contributed by atoms with Crippen LogP contribution < -0.4 is 10.1 Å². The maximum Gasteiger partial charge on any atom is 0.387 e. The average molecular weight is 455 g/mol. The van der Waals surface area contributed by atoms with Crippen molar-refractivity contribution in [2.24, 2.45) is 0 Å². The Morgan fingerprint density at radius 2 is 2.00 bits per heavy atom. The normalized spacial score (nSPS) is 11.2. The van der Waals surface area contributed by atoms with Gasteiger partial charge in [0.1, 0.15) is 11.4 Å². The zero-order chi connectivity index (χ0) is 20.5. The van der Waals surface area contributed by atoms with Crippen LogP contribution in [0.5, 0.6) is 5.75 Å². The predicted molar refractivity (Wildman–Crippen MR) is 108 cm³/mol. The Morgan fingerprint density at radius 1 is 1.17 bits per heavy atom. The van der Waals surface area contributed by atoms with Crippen LogP contribution in [0.3, 0.4) is 0 Å². The van der Waals surface area contributed by atoms with E-state index < -0.39 is 12.5 Å². The van der Waals surface area contributed by atoms with Crippen molar-refractivity contribution < 1.29 is 18.3 Å². The van der Waals surface area contributed by atoms with Gasteiger partial charge in [-0.2, -0.15) is 13.9 Å². The molecule has 0 atom stereocenters. The Bertz CT molecular complexity index is 1210. The first-order valence-corrected chi connectivity index (χ1v) is 9.64. The smallest absolute Gasteiger partial charge is 0.387 e. The number of thiazole rings is 1. The summed E-state index contributed by atoms with van der Waals surface area (Å²) in [6, 6.07) is 10.9. The number of rotatable bonds is 5. The first-order chi connectivity index (χ1) is 13.9. The van der Waals surface area contributed by atoms with Crippen LogP contribution in [0, 0.1) is 0 Å². The van der Waals surface area contributed by atoms with Crippen LogP contribution in [0.25, 0.3) is 21.5 Å². The minimum Gasteiger partial charge on any atom is -0.435 e. The van der Waals surface area contributed by atoms with Crippen molar-refractivity contribution in [3.05, 3.63) is 58.2 Å². The van der Waals surface area contributed by atoms with Crippen molar-refractivity contribution in [2.75, 3.05) is 5.32 Å². The van der Waals surface area contributed by atoms with Gasteiger partial charge in [0.15, 0.2) is 5.13 Å². The predicted octanol–water partition coefficient (Wildman–Crippen LogP) is 5.85. The number of aromatic nitrogens is 3. The zero-order valence-corrected chi connectivity index (χ0v) is 16.6. The topological polar surface area (TPSA) is 79.9 Å². The lowest BCUT2D eigenvalue weighted by Crippen LogP contribution is -2.11. The molecule has 0 saturated carbocycles. The highest BCUT2D eigenvalue weighted by Crippen LogP contribution is 2.31. The molecule has 2 aromatic carbocycles. The second-order valence-electron chi connectivity index (χ2n) is 5.77. The number of halogens is 4. The lowest BCUT2D eigenvalue weighted by atomic mass is 10.1. The maximum atomic E-state index is 12.5. The third-order valence-electron chi connectivity index (χ3n) is 3.84. The minimum absolute atomic E-state index is 0.0204. The van der Waals surface area contributed by atoms with E-state index in [1.165, 1.54) is 18.2 Å². The van der Waals surface area contributed by atoms with Crippen LogP contribution in [0.2, 0.25) is 10.0 Å². The summed E-state index contributed by atoms with van der Waals surface area (Å²) < 4.78 is 29.6. The van der Waals surface area contributed by atoms with Gasteiger partial charge in [-0.25, -0.2) is 4.98 Å². The van der Waals surface area contributed by atoms with Crippen LogP contribution in [0.1, 0.15) is 10.5 Å². The summed E-state index contributed by atoms with van der Waals surface area (Å²) in [5, 5.41) is 10.6. The highest BCUT2D eigenvalue weighted by molar-refractivity contribution is 7.22. The Balaban J connectivity index is 1.53. The number of aromatic amines is 1. The molecule has 0 aliphatic carbocycles. The van der Waals surface area contributed by atoms with Crippen LogP contribution >= 0.6 is 34.5 Å². The zero-order valence-electron chi connectivity index (χ0n) is 14.2. The van der Waals surface area contributed by atoms with Crippen molar-refractivity contribution in [3.8, 4) is 17.0 Å². The molecule has 29 heavy (non-hydrogen) atoms. The maximum absolute atomic E-state index is 12.5. The number of carbonyl (C=O) groups excluding carboxylic acids is 1. The second-order valence-corrected chi connectivity index (χ2v) is 7.65. The van der Waals surface area contributed by atoms with E-state index in [1.807, 2.05) is 0 Å². The third-order valence-corrected chi connectivity index (χ3v) is 5.32. The van der Waals surface area contributed by atoms with Crippen LogP contribution in [0.4, 0.5) is 13.9 Å². The first-order valence-electron chi connectivity index (χ1n) is 8.06. The first kappa shape index (κ1) is 19.6. The Kier molecular flexibility index (Phi) is 5.35. The standard InChI is InChI=1S/C18H10Cl2F2N4O2S/c19-8-1-3-10(11(20)5-8)13-7-14(26-25-13)16(27)24-18-23-12-4-2-9(28-17(21)22)6-15(12)29-18/h1-7,17H,(H,25,26)(H,23,24,27). The van der Waals surface area contributed by atoms with Crippen LogP contribution in [-0.2, 0) is 0 Å². The van der Waals surface area contributed by atoms with E-state index in [4.69, 9.17) is 23.2 Å². The second kappa shape index (κ2) is 7.94. The van der Waals surface area contributed by atoms with Crippen LogP contribution in [-0.4, -0.2) is 27.7 Å². The van der Waals surface area contributed by atoms with Gasteiger partial charge in [-0.3, -0.25) is 15.2 Å². The number of hydrogen-bond donors (Lipinski definition) is 2. The summed E-state index contributed by atoms with van der Waals surface area (Å²) in [4.78, 5) is 16.8. The fourth-order valence-electron chi connectivity index (χ4n) is 2.57. The van der Waals surface area contributed by atoms with Crippen molar-refractivity contribution in [1.82, 2.24) is 15.2 Å². The Labute approximate surface area is 176 Å². The lowest BCUT2D eigenvalue weighted by Gasteiger charge is -2.02. The highest BCUT2D eigenvalue weighted by atomic mass is 35.5. The molecule has 4 aromatic rings. The average Bonchev–Trinajstić information content (AvgIpc) is 3.27. The Hall–Kier alpha value is -2.75. The highest BCUT2D eigenvalue weighted by Gasteiger charge is 2.16. The molecule has 1 amide bonds. The number of H-pyrrole nitrogens is 1. The molecule has 11 heteroatoms. The lowest BCUT2D eigenvalue weighted by molar-refractivity contribution is -0.0497. The molecule has 0 aliphatic heterocycles. The van der Waals surface area contributed by atoms with Gasteiger partial charge in [-0.05, 0) is 42.5 Å². The molecule has 0 bridgehead atoms. The van der Waals surface area contributed by atoms with Gasteiger partial charge in [0.05, 0.1) is 20.9 Å². The molecule has 2 heterocycles. The number of ether oxygens (including phenoxy) is 1. The number of hydrogen-bond acceptors (Lipinski definition) is 5. The number of nitrogens with one attached hydrogen (secondary N) is 2. The number of fused-ring (bicyclic) bond motifs is 1. The summed E-state index contributed by atoms with van der Waals surface area (Å²) in [6.07, 6.45) is 0. The third kappa shape index (κ3) is 4.31. The fourth-order valence-corrected chi connectivity index (χ4v) is 3.97. The largest absolute Gasteiger partial charge is 0.435 e. The molecule has 6 nitrogen and oxygen atoms in total. The number of alkyl halides is 2. The number of nitrogens with zero attached hydrogens (tertiary/aromatic N) is 2. The monoisotopic (exact) mass is 454 g/mol. The SMILES string of the molecule is O=C(Nc1nc2ccc(OC(F)F)cc2s1)c1cc(-c2ccc(Cl)cc2Cl)n[nH]1. The molecule has 0 aliphatic rings. The van der Waals surface area contributed by atoms with E-state index in [0.29, 0.717) is 36.7 Å². The fraction of sp³-hybridized carbons (Fsp3) is 0.0556. The molecular formula is C18H10Cl2F2N4O2S. The van der Waals surface area contributed by atoms with Crippen molar-refractivity contribution in [2.45, 2.75) is 6.61 Å². The molecule has 0 fully saturated rings. The summed E-state index contributed by atoms with van der Waals surface area (Å²) in [5.74, 6) is -0.441. The van der Waals surface area contributed by atoms with E-state index in [9.17, 15) is 13.6 Å². The molecule has 148 valence electrons. The van der Waals surface area contributed by atoms with Crippen molar-refractivity contribution >= 4 is 55.8 Å². The molecule has 0 saturated heterocycles. The minimum atomic E-state index is -2.91. The van der Waals surface area contributed by atoms with Gasteiger partial charge in [-0.15, -0.1) is 0 Å². The van der Waals surface area contributed by atoms with E-state index in [-0.39, 0.29) is 11.4 Å². The van der Waals surface area contributed by atoms with Gasteiger partial charge in [0.25, 0.3) is 5.91 Å². The summed E-state index contributed by atoms with van der Waals surface area (Å²) in [5.41, 5.74) is 1.85. The van der Waals surface area contributed by atoms with Gasteiger partial charge < -0.3 is 4.74 Å². The van der Waals surface area contributed by atoms with E-state index in [0.717, 1.165) is 11.3 Å². The Morgan fingerprint density at radius 3 is 2.76 bits per heavy atom. The van der Waals surface area contributed by atoms with E-state index >= 15 is 0 Å². The number of benzene rings is 2. The van der Waals surface area contributed by atoms with Crippen LogP contribution in [0.15, 0.2) is 42.5 Å². The molecule has 0 radical (unpaired) electrons. The molecule has 4 rings (SSSR count). The van der Waals surface area contributed by atoms with E-state index in [2.05, 4.69) is 25.2 Å². The van der Waals surface area contributed by atoms with Crippen molar-refractivity contribution in [1.29, 1.82) is 0 Å². The van der Waals surface area contributed by atoms with Gasteiger partial charge in [0.2, 0.25) is 0 Å². The van der Waals surface area contributed by atoms with Gasteiger partial charge in [0, 0.05) is 10.6 Å². The molecule has 2 N–H and O–H groups in total. The molecule has 0 spiro atoms. The number of anilines is 1. The molecule has 2 aromatic heterocycles. The van der Waals surface area contributed by atoms with E-state index in [1.54, 1.807) is 24.3 Å². The summed E-state index contributed by atoms with van der Waals surface area (Å²) >= 11 is 13.2. The number of amides is 1. The van der Waals surface area contributed by atoms with Gasteiger partial charge >= 0.3 is 6.61 Å². The summed E-state index contributed by atoms with van der Waals surface area (Å²) in [7, 11) is 0. The van der Waals surface area contributed by atoms with Gasteiger partial charge in [-0.1, -0.05) is 34.5 Å². The molecular weight excluding hydrogens is 445 g/mol. The quantitative estimate of drug-likeness (QED) is 0.396. The summed E-state index contributed by atoms with van der Waals surface area (Å²) in [6.45, 7) is -2.91.